The average molecular weight is 315 g/mol. The Kier molecular flexibility index (Phi) is 5.72. The Morgan fingerprint density at radius 2 is 1.95 bits per heavy atom. The Hall–Kier alpha value is -2.14. The van der Waals surface area contributed by atoms with Crippen molar-refractivity contribution in [3.05, 3.63) is 53.7 Å². The van der Waals surface area contributed by atoms with Crippen LogP contribution in [0.3, 0.4) is 0 Å². The van der Waals surface area contributed by atoms with Crippen LogP contribution in [0.4, 0.5) is 5.82 Å². The molecule has 0 spiro atoms. The molecule has 1 heterocycles. The fraction of sp³-hybridized carbons (Fsp3) is 0.294. The van der Waals surface area contributed by atoms with Gasteiger partial charge in [0.1, 0.15) is 11.6 Å². The summed E-state index contributed by atoms with van der Waals surface area (Å²) in [6.07, 6.45) is 0.926. The first-order chi connectivity index (χ1) is 10.6. The Morgan fingerprint density at radius 3 is 2.55 bits per heavy atom. The molecule has 1 aromatic heterocycles. The van der Waals surface area contributed by atoms with Crippen molar-refractivity contribution in [2.75, 3.05) is 12.4 Å². The smallest absolute Gasteiger partial charge is 0.172 e. The highest BCUT2D eigenvalue weighted by atomic mass is 32.1. The molecule has 0 amide bonds. The number of hydrogen-bond acceptors (Lipinski definition) is 3. The lowest BCUT2D eigenvalue weighted by molar-refractivity contribution is 0.414. The maximum atomic E-state index is 5.38. The van der Waals surface area contributed by atoms with Gasteiger partial charge in [0, 0.05) is 5.69 Å². The first kappa shape index (κ1) is 16.2. The third-order valence-electron chi connectivity index (χ3n) is 3.36. The first-order valence-corrected chi connectivity index (χ1v) is 7.68. The van der Waals surface area contributed by atoms with Crippen LogP contribution >= 0.6 is 12.2 Å². The number of hydrogen-bond donors (Lipinski definition) is 2. The monoisotopic (exact) mass is 315 g/mol. The molecule has 5 heteroatoms. The Morgan fingerprint density at radius 1 is 1.23 bits per heavy atom. The predicted molar refractivity (Wildman–Crippen MR) is 94.4 cm³/mol. The van der Waals surface area contributed by atoms with Crippen LogP contribution in [0.15, 0.2) is 42.5 Å². The number of rotatable bonds is 5. The molecule has 0 aliphatic heterocycles. The fourth-order valence-electron chi connectivity index (χ4n) is 2.18. The van der Waals surface area contributed by atoms with Crippen molar-refractivity contribution in [3.8, 4) is 5.75 Å². The fourth-order valence-corrected chi connectivity index (χ4v) is 2.43. The van der Waals surface area contributed by atoms with Crippen molar-refractivity contribution in [1.82, 2.24) is 10.3 Å². The van der Waals surface area contributed by atoms with E-state index in [1.165, 1.54) is 5.56 Å². The lowest BCUT2D eigenvalue weighted by atomic mass is 10.0. The number of methoxy groups -OCH3 is 1. The van der Waals surface area contributed by atoms with Crippen molar-refractivity contribution in [3.63, 3.8) is 0 Å². The van der Waals surface area contributed by atoms with Crippen LogP contribution < -0.4 is 15.4 Å². The molecule has 22 heavy (non-hydrogen) atoms. The molecule has 116 valence electrons. The van der Waals surface area contributed by atoms with Gasteiger partial charge in [0.05, 0.1) is 13.2 Å². The van der Waals surface area contributed by atoms with Gasteiger partial charge in [-0.15, -0.1) is 0 Å². The summed E-state index contributed by atoms with van der Waals surface area (Å²) in [5.41, 5.74) is 2.12. The van der Waals surface area contributed by atoms with Crippen molar-refractivity contribution in [2.24, 2.45) is 0 Å². The van der Waals surface area contributed by atoms with Crippen LogP contribution in [0.1, 0.15) is 30.6 Å². The molecule has 0 fully saturated rings. The lowest BCUT2D eigenvalue weighted by Gasteiger charge is -2.20. The molecule has 2 N–H and O–H groups in total. The minimum Gasteiger partial charge on any atom is -0.497 e. The van der Waals surface area contributed by atoms with E-state index < -0.39 is 0 Å². The van der Waals surface area contributed by atoms with Crippen molar-refractivity contribution < 1.29 is 4.74 Å². The highest BCUT2D eigenvalue weighted by Crippen LogP contribution is 2.20. The maximum Gasteiger partial charge on any atom is 0.172 e. The molecule has 0 aliphatic rings. The van der Waals surface area contributed by atoms with Gasteiger partial charge >= 0.3 is 0 Å². The Balaban J connectivity index is 2.01. The molecule has 0 aliphatic carbocycles. The topological polar surface area (TPSA) is 46.2 Å². The summed E-state index contributed by atoms with van der Waals surface area (Å²) < 4.78 is 5.19. The zero-order valence-corrected chi connectivity index (χ0v) is 13.9. The highest BCUT2D eigenvalue weighted by Gasteiger charge is 2.11. The number of pyridine rings is 1. The number of aromatic nitrogens is 1. The van der Waals surface area contributed by atoms with Crippen LogP contribution in [0.25, 0.3) is 0 Å². The van der Waals surface area contributed by atoms with Crippen LogP contribution in [0.2, 0.25) is 0 Å². The van der Waals surface area contributed by atoms with Gasteiger partial charge in [0.2, 0.25) is 0 Å². The van der Waals surface area contributed by atoms with E-state index in [-0.39, 0.29) is 6.04 Å². The number of ether oxygens (including phenoxy) is 1. The average Bonchev–Trinajstić information content (AvgIpc) is 2.53. The molecule has 2 rings (SSSR count). The summed E-state index contributed by atoms with van der Waals surface area (Å²) in [5, 5.41) is 7.02. The number of nitrogens with zero attached hydrogens (tertiary/aromatic N) is 1. The minimum atomic E-state index is 0.149. The standard InChI is InChI=1S/C17H21N3OS/c1-4-15(13-8-10-14(21-3)11-9-13)19-17(22)20-16-7-5-6-12(2)18-16/h5-11,15H,4H2,1-3H3,(H2,18,19,20,22). The van der Waals surface area contributed by atoms with Gasteiger partial charge in [-0.3, -0.25) is 0 Å². The summed E-state index contributed by atoms with van der Waals surface area (Å²) in [5.74, 6) is 1.60. The van der Waals surface area contributed by atoms with E-state index >= 15 is 0 Å². The summed E-state index contributed by atoms with van der Waals surface area (Å²) in [4.78, 5) is 4.39. The molecule has 0 saturated carbocycles. The summed E-state index contributed by atoms with van der Waals surface area (Å²) in [6, 6.07) is 14.0. The zero-order chi connectivity index (χ0) is 15.9. The molecular weight excluding hydrogens is 294 g/mol. The van der Waals surface area contributed by atoms with Gasteiger partial charge in [-0.25, -0.2) is 4.98 Å². The van der Waals surface area contributed by atoms with Gasteiger partial charge in [0.15, 0.2) is 5.11 Å². The van der Waals surface area contributed by atoms with Crippen molar-refractivity contribution in [1.29, 1.82) is 0 Å². The van der Waals surface area contributed by atoms with Crippen molar-refractivity contribution in [2.45, 2.75) is 26.3 Å². The number of anilines is 1. The van der Waals surface area contributed by atoms with Gasteiger partial charge < -0.3 is 15.4 Å². The van der Waals surface area contributed by atoms with E-state index in [1.807, 2.05) is 49.4 Å². The Labute approximate surface area is 136 Å². The van der Waals surface area contributed by atoms with Crippen molar-refractivity contribution >= 4 is 23.1 Å². The van der Waals surface area contributed by atoms with E-state index in [1.54, 1.807) is 7.11 Å². The second-order valence-electron chi connectivity index (χ2n) is 5.00. The molecule has 0 saturated heterocycles. The maximum absolute atomic E-state index is 5.38. The van der Waals surface area contributed by atoms with Crippen LogP contribution in [-0.2, 0) is 0 Å². The van der Waals surface area contributed by atoms with E-state index in [0.29, 0.717) is 5.11 Å². The number of benzene rings is 1. The molecule has 1 atom stereocenters. The molecule has 4 nitrogen and oxygen atoms in total. The number of nitrogens with one attached hydrogen (secondary N) is 2. The van der Waals surface area contributed by atoms with Gasteiger partial charge in [-0.05, 0) is 55.4 Å². The first-order valence-electron chi connectivity index (χ1n) is 7.27. The molecule has 1 unspecified atom stereocenters. The van der Waals surface area contributed by atoms with Gasteiger partial charge in [0.25, 0.3) is 0 Å². The zero-order valence-electron chi connectivity index (χ0n) is 13.1. The second kappa shape index (κ2) is 7.75. The third kappa shape index (κ3) is 4.43. The summed E-state index contributed by atoms with van der Waals surface area (Å²) in [6.45, 7) is 4.07. The normalized spacial score (nSPS) is 11.6. The SMILES string of the molecule is CCC(NC(=S)Nc1cccc(C)n1)c1ccc(OC)cc1. The highest BCUT2D eigenvalue weighted by molar-refractivity contribution is 7.80. The minimum absolute atomic E-state index is 0.149. The van der Waals surface area contributed by atoms with E-state index in [4.69, 9.17) is 17.0 Å². The van der Waals surface area contributed by atoms with Crippen LogP contribution in [0.5, 0.6) is 5.75 Å². The summed E-state index contributed by atoms with van der Waals surface area (Å²) in [7, 11) is 1.67. The van der Waals surface area contributed by atoms with E-state index in [2.05, 4.69) is 22.5 Å². The Bertz CT molecular complexity index is 628. The van der Waals surface area contributed by atoms with Gasteiger partial charge in [-0.1, -0.05) is 25.1 Å². The van der Waals surface area contributed by atoms with Crippen LogP contribution in [-0.4, -0.2) is 17.2 Å². The number of aryl methyl sites for hydroxylation is 1. The summed E-state index contributed by atoms with van der Waals surface area (Å²) >= 11 is 5.38. The number of thiocarbonyl (C=S) groups is 1. The van der Waals surface area contributed by atoms with Crippen LogP contribution in [0, 0.1) is 6.92 Å². The molecule has 0 bridgehead atoms. The van der Waals surface area contributed by atoms with E-state index in [0.717, 1.165) is 23.7 Å². The molecule has 2 aromatic rings. The lowest BCUT2D eigenvalue weighted by Crippen LogP contribution is -2.32. The van der Waals surface area contributed by atoms with Gasteiger partial charge in [-0.2, -0.15) is 0 Å². The second-order valence-corrected chi connectivity index (χ2v) is 5.40. The third-order valence-corrected chi connectivity index (χ3v) is 3.58. The predicted octanol–water partition coefficient (Wildman–Crippen LogP) is 3.84. The molecule has 1 aromatic carbocycles. The largest absolute Gasteiger partial charge is 0.497 e. The molecular formula is C17H21N3OS. The quantitative estimate of drug-likeness (QED) is 0.821. The van der Waals surface area contributed by atoms with E-state index in [9.17, 15) is 0 Å². The molecule has 0 radical (unpaired) electrons.